The van der Waals surface area contributed by atoms with Gasteiger partial charge in [0.05, 0.1) is 30.8 Å². The van der Waals surface area contributed by atoms with E-state index in [1.54, 1.807) is 30.2 Å². The van der Waals surface area contributed by atoms with Gasteiger partial charge in [0.1, 0.15) is 6.61 Å². The molecule has 156 valence electrons. The van der Waals surface area contributed by atoms with Gasteiger partial charge in [-0.15, -0.1) is 23.1 Å². The van der Waals surface area contributed by atoms with Crippen LogP contribution in [0.15, 0.2) is 46.7 Å². The van der Waals surface area contributed by atoms with Crippen molar-refractivity contribution in [1.82, 2.24) is 9.88 Å². The number of thiazole rings is 1. The summed E-state index contributed by atoms with van der Waals surface area (Å²) < 4.78 is 11.6. The Hall–Kier alpha value is -2.51. The van der Waals surface area contributed by atoms with Gasteiger partial charge < -0.3 is 14.4 Å². The Labute approximate surface area is 185 Å². The molecule has 0 radical (unpaired) electrons. The van der Waals surface area contributed by atoms with E-state index in [-0.39, 0.29) is 5.91 Å². The molecule has 0 bridgehead atoms. The van der Waals surface area contributed by atoms with Gasteiger partial charge in [0.15, 0.2) is 11.5 Å². The molecule has 1 amide bonds. The van der Waals surface area contributed by atoms with Crippen molar-refractivity contribution in [3.63, 3.8) is 0 Å². The number of hydrogen-bond acceptors (Lipinski definition) is 6. The highest BCUT2D eigenvalue weighted by molar-refractivity contribution is 7.98. The molecule has 2 heterocycles. The van der Waals surface area contributed by atoms with Crippen LogP contribution in [-0.2, 0) is 17.8 Å². The molecule has 0 atom stereocenters. The van der Waals surface area contributed by atoms with Gasteiger partial charge in [-0.25, -0.2) is 4.98 Å². The largest absolute Gasteiger partial charge is 0.493 e. The van der Waals surface area contributed by atoms with Crippen molar-refractivity contribution in [3.8, 4) is 22.6 Å². The van der Waals surface area contributed by atoms with E-state index in [0.29, 0.717) is 31.9 Å². The van der Waals surface area contributed by atoms with Crippen molar-refractivity contribution in [2.45, 2.75) is 24.8 Å². The van der Waals surface area contributed by atoms with Crippen molar-refractivity contribution in [1.29, 1.82) is 0 Å². The Balaban J connectivity index is 1.62. The number of hydrogen-bond donors (Lipinski definition) is 0. The average Bonchev–Trinajstić information content (AvgIpc) is 3.04. The number of benzene rings is 2. The number of methoxy groups -OCH3 is 1. The molecule has 1 aliphatic rings. The van der Waals surface area contributed by atoms with E-state index >= 15 is 0 Å². The fourth-order valence-electron chi connectivity index (χ4n) is 3.55. The molecule has 0 N–H and O–H groups in total. The number of ether oxygens (including phenoxy) is 2. The highest BCUT2D eigenvalue weighted by Crippen LogP contribution is 2.38. The van der Waals surface area contributed by atoms with Gasteiger partial charge in [0.2, 0.25) is 5.91 Å². The standard InChI is InChI=1S/C23H24N2O3S2/c1-15-24-19(14-30-15)12-22(26)25-8-9-28-23-18(13-25)10-17(11-21(23)27-2)16-4-6-20(29-3)7-5-16/h4-7,10-11,14H,8-9,12-13H2,1-3H3. The summed E-state index contributed by atoms with van der Waals surface area (Å²) in [4.78, 5) is 20.4. The third kappa shape index (κ3) is 4.47. The molecule has 1 aromatic heterocycles. The maximum atomic E-state index is 12.9. The lowest BCUT2D eigenvalue weighted by molar-refractivity contribution is -0.131. The fourth-order valence-corrected chi connectivity index (χ4v) is 4.58. The van der Waals surface area contributed by atoms with Crippen LogP contribution in [0, 0.1) is 6.92 Å². The quantitative estimate of drug-likeness (QED) is 0.533. The minimum absolute atomic E-state index is 0.0606. The van der Waals surface area contributed by atoms with Gasteiger partial charge in [-0.2, -0.15) is 0 Å². The van der Waals surface area contributed by atoms with Crippen LogP contribution in [0.4, 0.5) is 0 Å². The number of carbonyl (C=O) groups is 1. The third-order valence-corrected chi connectivity index (χ3v) is 6.66. The lowest BCUT2D eigenvalue weighted by Gasteiger charge is -2.20. The molecule has 0 fully saturated rings. The van der Waals surface area contributed by atoms with Crippen LogP contribution in [0.5, 0.6) is 11.5 Å². The second-order valence-electron chi connectivity index (χ2n) is 7.09. The Morgan fingerprint density at radius 2 is 2.07 bits per heavy atom. The van der Waals surface area contributed by atoms with E-state index in [9.17, 15) is 4.79 Å². The summed E-state index contributed by atoms with van der Waals surface area (Å²) in [5.41, 5.74) is 3.94. The summed E-state index contributed by atoms with van der Waals surface area (Å²) in [6.07, 6.45) is 2.38. The van der Waals surface area contributed by atoms with Crippen LogP contribution in [0.2, 0.25) is 0 Å². The molecule has 0 unspecified atom stereocenters. The second kappa shape index (κ2) is 9.10. The van der Waals surface area contributed by atoms with Crippen molar-refractivity contribution in [2.75, 3.05) is 26.5 Å². The zero-order valence-electron chi connectivity index (χ0n) is 17.3. The molecule has 7 heteroatoms. The minimum atomic E-state index is 0.0606. The fraction of sp³-hybridized carbons (Fsp3) is 0.304. The van der Waals surface area contributed by atoms with Crippen molar-refractivity contribution >= 4 is 29.0 Å². The highest BCUT2D eigenvalue weighted by atomic mass is 32.2. The first kappa shape index (κ1) is 20.8. The smallest absolute Gasteiger partial charge is 0.229 e. The maximum Gasteiger partial charge on any atom is 0.229 e. The first-order chi connectivity index (χ1) is 14.6. The molecule has 0 aliphatic carbocycles. The molecule has 4 rings (SSSR count). The number of nitrogens with zero attached hydrogens (tertiary/aromatic N) is 2. The molecule has 0 saturated carbocycles. The lowest BCUT2D eigenvalue weighted by atomic mass is 10.0. The number of aryl methyl sites for hydroxylation is 1. The zero-order valence-corrected chi connectivity index (χ0v) is 18.9. The zero-order chi connectivity index (χ0) is 21.1. The Morgan fingerprint density at radius 1 is 1.27 bits per heavy atom. The molecule has 0 saturated heterocycles. The van der Waals surface area contributed by atoms with Crippen LogP contribution in [-0.4, -0.2) is 42.3 Å². The summed E-state index contributed by atoms with van der Waals surface area (Å²) >= 11 is 3.29. The monoisotopic (exact) mass is 440 g/mol. The van der Waals surface area contributed by atoms with E-state index in [4.69, 9.17) is 9.47 Å². The minimum Gasteiger partial charge on any atom is -0.493 e. The molecular formula is C23H24N2O3S2. The normalized spacial score (nSPS) is 13.4. The van der Waals surface area contributed by atoms with Crippen LogP contribution >= 0.6 is 23.1 Å². The summed E-state index contributed by atoms with van der Waals surface area (Å²) in [5.74, 6) is 1.48. The summed E-state index contributed by atoms with van der Waals surface area (Å²) in [5, 5.41) is 2.93. The van der Waals surface area contributed by atoms with Crippen molar-refractivity contribution in [2.24, 2.45) is 0 Å². The van der Waals surface area contributed by atoms with Gasteiger partial charge in [0, 0.05) is 22.4 Å². The molecule has 30 heavy (non-hydrogen) atoms. The average molecular weight is 441 g/mol. The van der Waals surface area contributed by atoms with Crippen LogP contribution in [0.3, 0.4) is 0 Å². The predicted octanol–water partition coefficient (Wildman–Crippen LogP) is 4.81. The predicted molar refractivity (Wildman–Crippen MR) is 122 cm³/mol. The molecule has 5 nitrogen and oxygen atoms in total. The van der Waals surface area contributed by atoms with Crippen LogP contribution in [0.25, 0.3) is 11.1 Å². The first-order valence-electron chi connectivity index (χ1n) is 9.74. The molecule has 1 aliphatic heterocycles. The van der Waals surface area contributed by atoms with E-state index in [0.717, 1.165) is 33.1 Å². The van der Waals surface area contributed by atoms with Crippen molar-refractivity contribution < 1.29 is 14.3 Å². The second-order valence-corrected chi connectivity index (χ2v) is 9.04. The number of carbonyl (C=O) groups excluding carboxylic acids is 1. The van der Waals surface area contributed by atoms with Crippen LogP contribution < -0.4 is 9.47 Å². The molecule has 0 spiro atoms. The number of thioether (sulfide) groups is 1. The maximum absolute atomic E-state index is 12.9. The Kier molecular flexibility index (Phi) is 6.29. The summed E-state index contributed by atoms with van der Waals surface area (Å²) in [6.45, 7) is 3.42. The molecular weight excluding hydrogens is 416 g/mol. The number of fused-ring (bicyclic) bond motifs is 1. The third-order valence-electron chi connectivity index (χ3n) is 5.10. The topological polar surface area (TPSA) is 51.7 Å². The molecule has 3 aromatic rings. The van der Waals surface area contributed by atoms with Crippen molar-refractivity contribution in [3.05, 3.63) is 58.0 Å². The molecule has 2 aromatic carbocycles. The number of rotatable bonds is 5. The van der Waals surface area contributed by atoms with E-state index in [1.165, 1.54) is 4.90 Å². The lowest BCUT2D eigenvalue weighted by Crippen LogP contribution is -2.33. The van der Waals surface area contributed by atoms with E-state index in [1.807, 2.05) is 23.3 Å². The highest BCUT2D eigenvalue weighted by Gasteiger charge is 2.24. The van der Waals surface area contributed by atoms with Gasteiger partial charge in [-0.1, -0.05) is 12.1 Å². The Morgan fingerprint density at radius 3 is 2.73 bits per heavy atom. The number of aromatic nitrogens is 1. The van der Waals surface area contributed by atoms with Gasteiger partial charge in [0.25, 0.3) is 0 Å². The summed E-state index contributed by atoms with van der Waals surface area (Å²) in [6, 6.07) is 12.5. The van der Waals surface area contributed by atoms with Gasteiger partial charge in [-0.3, -0.25) is 4.79 Å². The van der Waals surface area contributed by atoms with E-state index < -0.39 is 0 Å². The van der Waals surface area contributed by atoms with E-state index in [2.05, 4.69) is 41.6 Å². The first-order valence-corrected chi connectivity index (χ1v) is 11.8. The van der Waals surface area contributed by atoms with Gasteiger partial charge >= 0.3 is 0 Å². The Bertz CT molecular complexity index is 1050. The number of amides is 1. The van der Waals surface area contributed by atoms with Crippen LogP contribution in [0.1, 0.15) is 16.3 Å². The van der Waals surface area contributed by atoms with Gasteiger partial charge in [-0.05, 0) is 48.6 Å². The summed E-state index contributed by atoms with van der Waals surface area (Å²) in [7, 11) is 1.65. The SMILES string of the molecule is COc1cc(-c2ccc(SC)cc2)cc2c1OCCN(C(=O)Cc1csc(C)n1)C2.